The van der Waals surface area contributed by atoms with Gasteiger partial charge in [-0.1, -0.05) is 0 Å². The zero-order chi connectivity index (χ0) is 11.6. The molecule has 0 aliphatic carbocycles. The van der Waals surface area contributed by atoms with Crippen molar-refractivity contribution >= 4 is 18.4 Å². The van der Waals surface area contributed by atoms with Crippen LogP contribution in [0, 0.1) is 17.0 Å². The Morgan fingerprint density at radius 2 is 2.27 bits per heavy atom. The number of hydrogen-bond donors (Lipinski definition) is 4. The summed E-state index contributed by atoms with van der Waals surface area (Å²) < 4.78 is 0. The van der Waals surface area contributed by atoms with Gasteiger partial charge in [-0.3, -0.25) is 0 Å². The standard InChI is InChI=1S/C7H11N3O4S/c1-3-8-5(6(12)4(11)2-15)7(9-3)10(13)14/h4,6,11-12,15H,2H2,1H3,(H,8,9). The van der Waals surface area contributed by atoms with Gasteiger partial charge in [0.1, 0.15) is 6.10 Å². The smallest absolute Gasteiger partial charge is 0.346 e. The number of H-pyrrole nitrogens is 1. The Morgan fingerprint density at radius 3 is 2.73 bits per heavy atom. The molecule has 8 heteroatoms. The van der Waals surface area contributed by atoms with Crippen molar-refractivity contribution in [2.75, 3.05) is 5.75 Å². The molecule has 1 aromatic heterocycles. The van der Waals surface area contributed by atoms with E-state index in [9.17, 15) is 20.3 Å². The first-order valence-electron chi connectivity index (χ1n) is 4.15. The lowest BCUT2D eigenvalue weighted by atomic mass is 10.1. The lowest BCUT2D eigenvalue weighted by Crippen LogP contribution is -2.21. The predicted octanol–water partition coefficient (Wildman–Crippen LogP) is -0.0496. The minimum absolute atomic E-state index is 0.00969. The van der Waals surface area contributed by atoms with E-state index in [-0.39, 0.29) is 11.4 Å². The molecular formula is C7H11N3O4S. The molecule has 2 unspecified atom stereocenters. The van der Waals surface area contributed by atoms with Crippen molar-refractivity contribution in [3.8, 4) is 0 Å². The van der Waals surface area contributed by atoms with Crippen molar-refractivity contribution in [1.82, 2.24) is 9.97 Å². The van der Waals surface area contributed by atoms with Gasteiger partial charge >= 0.3 is 5.82 Å². The van der Waals surface area contributed by atoms with Crippen molar-refractivity contribution in [3.63, 3.8) is 0 Å². The second-order valence-corrected chi connectivity index (χ2v) is 3.37. The molecule has 7 nitrogen and oxygen atoms in total. The Morgan fingerprint density at radius 1 is 1.67 bits per heavy atom. The van der Waals surface area contributed by atoms with E-state index < -0.39 is 22.9 Å². The summed E-state index contributed by atoms with van der Waals surface area (Å²) in [6, 6.07) is 0. The van der Waals surface area contributed by atoms with E-state index in [0.717, 1.165) is 0 Å². The van der Waals surface area contributed by atoms with Crippen molar-refractivity contribution in [1.29, 1.82) is 0 Å². The molecule has 0 saturated heterocycles. The third-order valence-electron chi connectivity index (χ3n) is 1.84. The average molecular weight is 233 g/mol. The Hall–Kier alpha value is -1.12. The molecule has 0 saturated carbocycles. The molecule has 1 aromatic rings. The fourth-order valence-electron chi connectivity index (χ4n) is 1.12. The molecule has 1 rings (SSSR count). The van der Waals surface area contributed by atoms with E-state index in [2.05, 4.69) is 22.6 Å². The summed E-state index contributed by atoms with van der Waals surface area (Å²) in [7, 11) is 0. The van der Waals surface area contributed by atoms with E-state index in [1.54, 1.807) is 0 Å². The van der Waals surface area contributed by atoms with Gasteiger partial charge in [-0.15, -0.1) is 0 Å². The van der Waals surface area contributed by atoms with Gasteiger partial charge in [-0.05, 0) is 4.92 Å². The van der Waals surface area contributed by atoms with E-state index in [0.29, 0.717) is 5.82 Å². The lowest BCUT2D eigenvalue weighted by molar-refractivity contribution is -0.390. The van der Waals surface area contributed by atoms with Crippen LogP contribution in [-0.2, 0) is 0 Å². The maximum atomic E-state index is 10.6. The molecule has 0 fully saturated rings. The fraction of sp³-hybridized carbons (Fsp3) is 0.571. The summed E-state index contributed by atoms with van der Waals surface area (Å²) in [6.07, 6.45) is -2.59. The molecule has 0 amide bonds. The largest absolute Gasteiger partial charge is 0.389 e. The summed E-state index contributed by atoms with van der Waals surface area (Å²) in [6.45, 7) is 1.52. The van der Waals surface area contributed by atoms with Gasteiger partial charge in [0.2, 0.25) is 0 Å². The molecule has 84 valence electrons. The van der Waals surface area contributed by atoms with E-state index >= 15 is 0 Å². The summed E-state index contributed by atoms with van der Waals surface area (Å²) in [4.78, 5) is 16.0. The van der Waals surface area contributed by atoms with Crippen LogP contribution in [0.3, 0.4) is 0 Å². The van der Waals surface area contributed by atoms with Crippen LogP contribution in [0.4, 0.5) is 5.82 Å². The summed E-state index contributed by atoms with van der Waals surface area (Å²) in [5.74, 6) is -0.104. The first-order chi connectivity index (χ1) is 6.97. The predicted molar refractivity (Wildman–Crippen MR) is 54.8 cm³/mol. The number of aliphatic hydroxyl groups excluding tert-OH is 2. The van der Waals surface area contributed by atoms with Gasteiger partial charge in [0.15, 0.2) is 11.5 Å². The number of nitro groups is 1. The van der Waals surface area contributed by atoms with Crippen LogP contribution in [0.5, 0.6) is 0 Å². The highest BCUT2D eigenvalue weighted by Crippen LogP contribution is 2.25. The zero-order valence-electron chi connectivity index (χ0n) is 7.91. The van der Waals surface area contributed by atoms with Crippen LogP contribution < -0.4 is 0 Å². The number of nitrogens with zero attached hydrogens (tertiary/aromatic N) is 2. The molecule has 2 atom stereocenters. The number of aromatic amines is 1. The zero-order valence-corrected chi connectivity index (χ0v) is 8.81. The van der Waals surface area contributed by atoms with Gasteiger partial charge in [0.25, 0.3) is 0 Å². The average Bonchev–Trinajstić information content (AvgIpc) is 2.58. The number of hydrogen-bond acceptors (Lipinski definition) is 6. The third kappa shape index (κ3) is 2.46. The Bertz CT molecular complexity index is 367. The van der Waals surface area contributed by atoms with Crippen molar-refractivity contribution in [2.24, 2.45) is 0 Å². The summed E-state index contributed by atoms with van der Waals surface area (Å²) >= 11 is 3.78. The molecule has 0 bridgehead atoms. The SMILES string of the molecule is Cc1nc(C(O)C(O)CS)c([N+](=O)[O-])[nH]1. The van der Waals surface area contributed by atoms with Gasteiger partial charge in [0.05, 0.1) is 6.10 Å². The quantitative estimate of drug-likeness (QED) is 0.331. The first-order valence-corrected chi connectivity index (χ1v) is 4.78. The second kappa shape index (κ2) is 4.60. The van der Waals surface area contributed by atoms with E-state index in [1.165, 1.54) is 6.92 Å². The van der Waals surface area contributed by atoms with Gasteiger partial charge in [0, 0.05) is 12.7 Å². The minimum Gasteiger partial charge on any atom is -0.389 e. The molecule has 0 spiro atoms. The molecule has 15 heavy (non-hydrogen) atoms. The van der Waals surface area contributed by atoms with E-state index in [1.807, 2.05) is 0 Å². The number of thiol groups is 1. The van der Waals surface area contributed by atoms with Crippen LogP contribution in [0.15, 0.2) is 0 Å². The van der Waals surface area contributed by atoms with Crippen molar-refractivity contribution in [2.45, 2.75) is 19.1 Å². The summed E-state index contributed by atoms with van der Waals surface area (Å²) in [5.41, 5.74) is -0.168. The summed E-state index contributed by atoms with van der Waals surface area (Å²) in [5, 5.41) is 29.4. The number of rotatable bonds is 4. The Labute approximate surface area is 90.7 Å². The Kier molecular flexibility index (Phi) is 3.66. The number of nitrogens with one attached hydrogen (secondary N) is 1. The molecule has 0 radical (unpaired) electrons. The minimum atomic E-state index is -1.41. The van der Waals surface area contributed by atoms with Crippen molar-refractivity contribution < 1.29 is 15.1 Å². The van der Waals surface area contributed by atoms with Crippen LogP contribution in [0.2, 0.25) is 0 Å². The van der Waals surface area contributed by atoms with Gasteiger partial charge in [-0.2, -0.15) is 12.6 Å². The second-order valence-electron chi connectivity index (χ2n) is 3.01. The Balaban J connectivity index is 3.07. The third-order valence-corrected chi connectivity index (χ3v) is 2.22. The van der Waals surface area contributed by atoms with E-state index in [4.69, 9.17) is 0 Å². The molecule has 0 aromatic carbocycles. The molecule has 0 aliphatic rings. The highest BCUT2D eigenvalue weighted by atomic mass is 32.1. The normalized spacial score (nSPS) is 14.9. The first kappa shape index (κ1) is 12.0. The van der Waals surface area contributed by atoms with Crippen LogP contribution >= 0.6 is 12.6 Å². The number of imidazole rings is 1. The van der Waals surface area contributed by atoms with Gasteiger partial charge < -0.3 is 20.3 Å². The van der Waals surface area contributed by atoms with Crippen molar-refractivity contribution in [3.05, 3.63) is 21.6 Å². The molecule has 3 N–H and O–H groups in total. The maximum absolute atomic E-state index is 10.6. The van der Waals surface area contributed by atoms with Gasteiger partial charge in [-0.25, -0.2) is 9.97 Å². The highest BCUT2D eigenvalue weighted by Gasteiger charge is 2.29. The molecule has 1 heterocycles. The monoisotopic (exact) mass is 233 g/mol. The van der Waals surface area contributed by atoms with Crippen LogP contribution in [-0.4, -0.2) is 37.0 Å². The topological polar surface area (TPSA) is 112 Å². The number of aromatic nitrogens is 2. The fourth-order valence-corrected chi connectivity index (χ4v) is 1.32. The van der Waals surface area contributed by atoms with Crippen LogP contribution in [0.1, 0.15) is 17.6 Å². The highest BCUT2D eigenvalue weighted by molar-refractivity contribution is 7.80. The van der Waals surface area contributed by atoms with Crippen LogP contribution in [0.25, 0.3) is 0 Å². The number of aryl methyl sites for hydroxylation is 1. The lowest BCUT2D eigenvalue weighted by Gasteiger charge is -2.12. The molecule has 0 aliphatic heterocycles. The molecular weight excluding hydrogens is 222 g/mol. The maximum Gasteiger partial charge on any atom is 0.346 e. The number of aliphatic hydroxyl groups is 2.